The van der Waals surface area contributed by atoms with Crippen LogP contribution >= 0.6 is 0 Å². The van der Waals surface area contributed by atoms with E-state index < -0.39 is 71.1 Å². The molecule has 0 spiro atoms. The lowest BCUT2D eigenvalue weighted by atomic mass is 9.74. The van der Waals surface area contributed by atoms with Gasteiger partial charge in [0.2, 0.25) is 5.54 Å². The van der Waals surface area contributed by atoms with Gasteiger partial charge < -0.3 is 20.1 Å². The van der Waals surface area contributed by atoms with Crippen molar-refractivity contribution in [2.75, 3.05) is 13.7 Å². The number of hydrogen-bond donors (Lipinski definition) is 2. The van der Waals surface area contributed by atoms with Crippen LogP contribution in [-0.4, -0.2) is 43.8 Å². The Bertz CT molecular complexity index is 1550. The first-order valence-corrected chi connectivity index (χ1v) is 12.8. The normalized spacial score (nSPS) is 18.5. The summed E-state index contributed by atoms with van der Waals surface area (Å²) < 4.78 is 125. The van der Waals surface area contributed by atoms with Gasteiger partial charge in [-0.1, -0.05) is 42.0 Å². The Kier molecular flexibility index (Phi) is 8.67. The quantitative estimate of drug-likeness (QED) is 0.273. The highest BCUT2D eigenvalue weighted by atomic mass is 19.4. The van der Waals surface area contributed by atoms with Crippen molar-refractivity contribution in [2.24, 2.45) is 0 Å². The number of alkyl halides is 8. The maximum absolute atomic E-state index is 16.6. The lowest BCUT2D eigenvalue weighted by molar-refractivity contribution is -0.255. The van der Waals surface area contributed by atoms with Gasteiger partial charge in [-0.15, -0.1) is 0 Å². The van der Waals surface area contributed by atoms with Gasteiger partial charge in [-0.25, -0.2) is 0 Å². The first kappa shape index (κ1) is 32.3. The van der Waals surface area contributed by atoms with E-state index in [0.717, 1.165) is 24.3 Å². The summed E-state index contributed by atoms with van der Waals surface area (Å²) in [5, 5.41) is 3.45. The van der Waals surface area contributed by atoms with Crippen molar-refractivity contribution < 1.29 is 54.2 Å². The van der Waals surface area contributed by atoms with Gasteiger partial charge in [0.25, 0.3) is 11.8 Å². The lowest BCUT2D eigenvalue weighted by Gasteiger charge is -2.46. The highest BCUT2D eigenvalue weighted by Gasteiger charge is 2.75. The monoisotopic (exact) mass is 628 g/mol. The molecule has 3 aromatic carbocycles. The molecule has 14 heteroatoms. The van der Waals surface area contributed by atoms with Gasteiger partial charge in [0.1, 0.15) is 17.2 Å². The number of ether oxygens (including phenoxy) is 2. The zero-order valence-corrected chi connectivity index (χ0v) is 23.0. The third kappa shape index (κ3) is 6.19. The zero-order chi connectivity index (χ0) is 32.5. The van der Waals surface area contributed by atoms with Crippen LogP contribution in [0.25, 0.3) is 5.57 Å². The summed E-state index contributed by atoms with van der Waals surface area (Å²) in [6.07, 6.45) is -11.7. The molecule has 1 heterocycles. The zero-order valence-electron chi connectivity index (χ0n) is 23.0. The molecule has 4 rings (SSSR count). The molecule has 1 aliphatic rings. The Morgan fingerprint density at radius 3 is 1.95 bits per heavy atom. The van der Waals surface area contributed by atoms with E-state index in [1.54, 1.807) is 6.92 Å². The number of aryl methyl sites for hydroxylation is 1. The minimum absolute atomic E-state index is 0.105. The number of amides is 2. The third-order valence-electron chi connectivity index (χ3n) is 6.86. The van der Waals surface area contributed by atoms with Crippen LogP contribution in [0.2, 0.25) is 0 Å². The summed E-state index contributed by atoms with van der Waals surface area (Å²) in [6, 6.07) is 12.9. The van der Waals surface area contributed by atoms with E-state index in [-0.39, 0.29) is 11.3 Å². The van der Waals surface area contributed by atoms with Crippen molar-refractivity contribution in [3.8, 4) is 11.5 Å². The molecule has 1 atom stereocenters. The van der Waals surface area contributed by atoms with Gasteiger partial charge in [-0.3, -0.25) is 9.59 Å². The van der Waals surface area contributed by atoms with Crippen molar-refractivity contribution in [2.45, 2.75) is 37.2 Å². The molecule has 0 fully saturated rings. The molecule has 1 unspecified atom stereocenters. The van der Waals surface area contributed by atoms with E-state index in [4.69, 9.17) is 9.47 Å². The van der Waals surface area contributed by atoms with Crippen molar-refractivity contribution in [3.63, 3.8) is 0 Å². The van der Waals surface area contributed by atoms with Gasteiger partial charge in [0.15, 0.2) is 0 Å². The van der Waals surface area contributed by atoms with Gasteiger partial charge in [-0.05, 0) is 54.4 Å². The molecule has 2 amide bonds. The summed E-state index contributed by atoms with van der Waals surface area (Å²) in [5.74, 6) is -7.62. The summed E-state index contributed by atoms with van der Waals surface area (Å²) >= 11 is 0. The average molecular weight is 629 g/mol. The summed E-state index contributed by atoms with van der Waals surface area (Å²) in [5.41, 5.74) is -7.98. The molecule has 0 saturated carbocycles. The van der Waals surface area contributed by atoms with Gasteiger partial charge in [0, 0.05) is 5.56 Å². The Labute approximate surface area is 245 Å². The fourth-order valence-electron chi connectivity index (χ4n) is 4.61. The van der Waals surface area contributed by atoms with E-state index in [2.05, 4.69) is 5.32 Å². The van der Waals surface area contributed by atoms with E-state index >= 15 is 8.78 Å². The molecule has 234 valence electrons. The predicted octanol–water partition coefficient (Wildman–Crippen LogP) is 6.70. The van der Waals surface area contributed by atoms with E-state index in [0.29, 0.717) is 23.4 Å². The van der Waals surface area contributed by atoms with E-state index in [1.807, 2.05) is 0 Å². The fraction of sp³-hybridized carbons (Fsp3) is 0.267. The molecule has 2 N–H and O–H groups in total. The summed E-state index contributed by atoms with van der Waals surface area (Å²) in [4.78, 5) is 26.4. The lowest BCUT2D eigenvalue weighted by Crippen LogP contribution is -2.70. The minimum Gasteiger partial charge on any atom is -0.497 e. The topological polar surface area (TPSA) is 76.7 Å². The van der Waals surface area contributed by atoms with Gasteiger partial charge in [-0.2, -0.15) is 35.1 Å². The SMILES string of the molecule is COc1ccc(C(=O)NC2=C(c3ccc(C)cc3)C(F)(F)C(c3ccc(OCCC(F)(F)F)cc3)(C(F)(F)F)NC2=O)cc1. The Morgan fingerprint density at radius 1 is 0.864 bits per heavy atom. The second-order valence-corrected chi connectivity index (χ2v) is 9.81. The summed E-state index contributed by atoms with van der Waals surface area (Å²) in [6.45, 7) is 0.742. The van der Waals surface area contributed by atoms with E-state index in [9.17, 15) is 35.9 Å². The highest BCUT2D eigenvalue weighted by Crippen LogP contribution is 2.57. The molecule has 0 bridgehead atoms. The van der Waals surface area contributed by atoms with Crippen molar-refractivity contribution >= 4 is 17.4 Å². The molecule has 6 nitrogen and oxygen atoms in total. The van der Waals surface area contributed by atoms with Crippen LogP contribution in [0.5, 0.6) is 11.5 Å². The average Bonchev–Trinajstić information content (AvgIpc) is 2.94. The maximum Gasteiger partial charge on any atom is 0.422 e. The van der Waals surface area contributed by atoms with Crippen molar-refractivity contribution in [1.29, 1.82) is 0 Å². The van der Waals surface area contributed by atoms with Crippen LogP contribution in [0.15, 0.2) is 78.5 Å². The van der Waals surface area contributed by atoms with Crippen LogP contribution < -0.4 is 20.1 Å². The Balaban J connectivity index is 1.84. The van der Waals surface area contributed by atoms with Gasteiger partial charge in [0.05, 0.1) is 25.7 Å². The molecule has 0 aromatic heterocycles. The second-order valence-electron chi connectivity index (χ2n) is 9.81. The first-order valence-electron chi connectivity index (χ1n) is 12.8. The predicted molar refractivity (Wildman–Crippen MR) is 142 cm³/mol. The fourth-order valence-corrected chi connectivity index (χ4v) is 4.61. The second kappa shape index (κ2) is 11.8. The number of halogens is 8. The summed E-state index contributed by atoms with van der Waals surface area (Å²) in [7, 11) is 1.36. The van der Waals surface area contributed by atoms with Crippen molar-refractivity contribution in [3.05, 3.63) is 101 Å². The van der Waals surface area contributed by atoms with Crippen LogP contribution in [-0.2, 0) is 10.3 Å². The number of hydrogen-bond acceptors (Lipinski definition) is 4. The number of methoxy groups -OCH3 is 1. The van der Waals surface area contributed by atoms with Crippen molar-refractivity contribution in [1.82, 2.24) is 10.6 Å². The standard InChI is InChI=1S/C30H24F8N2O4/c1-17-3-5-18(6-4-17)23-24(39-25(41)19-7-11-21(43-2)12-8-19)26(42)40-28(29(23,34)35,30(36,37)38)20-9-13-22(14-10-20)44-16-15-27(31,32)33/h3-14H,15-16H2,1-2H3,(H,39,41)(H,40,42). The number of nitrogens with one attached hydrogen (secondary N) is 2. The van der Waals surface area contributed by atoms with Crippen LogP contribution in [0.4, 0.5) is 35.1 Å². The molecule has 0 saturated heterocycles. The number of benzene rings is 3. The van der Waals surface area contributed by atoms with E-state index in [1.165, 1.54) is 48.8 Å². The minimum atomic E-state index is -5.83. The Hall–Kier alpha value is -4.62. The molecule has 3 aromatic rings. The molecule has 44 heavy (non-hydrogen) atoms. The maximum atomic E-state index is 16.6. The molecule has 0 radical (unpaired) electrons. The largest absolute Gasteiger partial charge is 0.497 e. The molecular weight excluding hydrogens is 604 g/mol. The molecule has 1 aliphatic heterocycles. The van der Waals surface area contributed by atoms with Gasteiger partial charge >= 0.3 is 18.3 Å². The van der Waals surface area contributed by atoms with Crippen LogP contribution in [0, 0.1) is 6.92 Å². The number of carbonyl (C=O) groups excluding carboxylic acids is 2. The third-order valence-corrected chi connectivity index (χ3v) is 6.86. The molecular formula is C30H24F8N2O4. The van der Waals surface area contributed by atoms with Crippen LogP contribution in [0.1, 0.15) is 33.5 Å². The number of rotatable bonds is 8. The highest BCUT2D eigenvalue weighted by molar-refractivity contribution is 6.10. The Morgan fingerprint density at radius 2 is 1.43 bits per heavy atom. The smallest absolute Gasteiger partial charge is 0.422 e. The molecule has 0 aliphatic carbocycles. The first-order chi connectivity index (χ1) is 20.5. The number of carbonyl (C=O) groups is 2. The van der Waals surface area contributed by atoms with Crippen LogP contribution in [0.3, 0.4) is 0 Å².